The van der Waals surface area contributed by atoms with Crippen LogP contribution < -0.4 is 10.5 Å². The number of nitrogens with one attached hydrogen (secondary N) is 1. The van der Waals surface area contributed by atoms with Gasteiger partial charge in [-0.2, -0.15) is 0 Å². The van der Waals surface area contributed by atoms with Gasteiger partial charge in [0.15, 0.2) is 0 Å². The van der Waals surface area contributed by atoms with Crippen molar-refractivity contribution in [3.05, 3.63) is 51.7 Å². The molecule has 0 aliphatic rings. The van der Waals surface area contributed by atoms with Gasteiger partial charge in [0, 0.05) is 18.0 Å². The van der Waals surface area contributed by atoms with Crippen molar-refractivity contribution in [2.24, 2.45) is 0 Å². The third-order valence-corrected chi connectivity index (χ3v) is 6.68. The van der Waals surface area contributed by atoms with E-state index in [2.05, 4.69) is 67.6 Å². The maximum absolute atomic E-state index is 3.56. The van der Waals surface area contributed by atoms with Gasteiger partial charge in [-0.1, -0.05) is 56.0 Å². The number of rotatable bonds is 6. The number of thiophene rings is 1. The highest BCUT2D eigenvalue weighted by Gasteiger charge is 2.15. The predicted octanol–water partition coefficient (Wildman–Crippen LogP) is 4.15. The monoisotopic (exact) mass is 303 g/mol. The molecule has 2 rings (SSSR count). The van der Waals surface area contributed by atoms with Gasteiger partial charge in [0.2, 0.25) is 0 Å². The van der Waals surface area contributed by atoms with Crippen LogP contribution in [0.2, 0.25) is 19.6 Å². The van der Waals surface area contributed by atoms with E-state index < -0.39 is 8.07 Å². The molecule has 0 aliphatic carbocycles. The van der Waals surface area contributed by atoms with Gasteiger partial charge in [-0.25, -0.2) is 0 Å². The largest absolute Gasteiger partial charge is 0.308 e. The Morgan fingerprint density at radius 3 is 2.30 bits per heavy atom. The molecule has 0 spiro atoms. The standard InChI is InChI=1S/C17H25NSSi/c1-5-15-10-11-19-17(15)13-18-12-14-6-8-16(9-7-14)20(2,3)4/h6-11,18H,5,12-13H2,1-4H3. The summed E-state index contributed by atoms with van der Waals surface area (Å²) in [7, 11) is -1.16. The molecule has 0 radical (unpaired) electrons. The third kappa shape index (κ3) is 4.04. The van der Waals surface area contributed by atoms with Crippen molar-refractivity contribution in [1.29, 1.82) is 0 Å². The fourth-order valence-electron chi connectivity index (χ4n) is 2.28. The van der Waals surface area contributed by atoms with Gasteiger partial charge in [-0.3, -0.25) is 0 Å². The van der Waals surface area contributed by atoms with Crippen LogP contribution in [0.25, 0.3) is 0 Å². The van der Waals surface area contributed by atoms with Crippen LogP contribution in [-0.4, -0.2) is 8.07 Å². The molecular weight excluding hydrogens is 278 g/mol. The van der Waals surface area contributed by atoms with Crippen molar-refractivity contribution < 1.29 is 0 Å². The van der Waals surface area contributed by atoms with Gasteiger partial charge in [-0.05, 0) is 29.0 Å². The zero-order valence-electron chi connectivity index (χ0n) is 13.0. The fraction of sp³-hybridized carbons (Fsp3) is 0.412. The molecule has 108 valence electrons. The van der Waals surface area contributed by atoms with E-state index in [0.717, 1.165) is 19.5 Å². The number of hydrogen-bond acceptors (Lipinski definition) is 2. The van der Waals surface area contributed by atoms with Crippen LogP contribution in [0.5, 0.6) is 0 Å². The average molecular weight is 304 g/mol. The molecule has 0 unspecified atom stereocenters. The first kappa shape index (κ1) is 15.5. The molecule has 0 aliphatic heterocycles. The minimum atomic E-state index is -1.16. The van der Waals surface area contributed by atoms with Crippen LogP contribution in [-0.2, 0) is 19.5 Å². The summed E-state index contributed by atoms with van der Waals surface area (Å²) in [5.41, 5.74) is 2.86. The van der Waals surface area contributed by atoms with E-state index in [1.807, 2.05) is 11.3 Å². The second-order valence-electron chi connectivity index (χ2n) is 6.27. The molecule has 0 saturated carbocycles. The summed E-state index contributed by atoms with van der Waals surface area (Å²) in [5, 5.41) is 7.29. The SMILES string of the molecule is CCc1ccsc1CNCc1ccc([Si](C)(C)C)cc1. The minimum Gasteiger partial charge on any atom is -0.308 e. The van der Waals surface area contributed by atoms with Crippen LogP contribution in [0.3, 0.4) is 0 Å². The molecule has 2 aromatic rings. The van der Waals surface area contributed by atoms with Crippen LogP contribution >= 0.6 is 11.3 Å². The Balaban J connectivity index is 1.88. The summed E-state index contributed by atoms with van der Waals surface area (Å²) in [5.74, 6) is 0. The van der Waals surface area contributed by atoms with Crippen molar-refractivity contribution >= 4 is 24.6 Å². The Bertz CT molecular complexity index is 537. The first-order valence-corrected chi connectivity index (χ1v) is 11.7. The fourth-order valence-corrected chi connectivity index (χ4v) is 4.39. The van der Waals surface area contributed by atoms with Crippen LogP contribution in [0, 0.1) is 0 Å². The summed E-state index contributed by atoms with van der Waals surface area (Å²) in [6, 6.07) is 11.4. The summed E-state index contributed by atoms with van der Waals surface area (Å²) in [4.78, 5) is 1.48. The van der Waals surface area contributed by atoms with E-state index in [1.165, 1.54) is 21.2 Å². The van der Waals surface area contributed by atoms with Crippen LogP contribution in [0.4, 0.5) is 0 Å². The summed E-state index contributed by atoms with van der Waals surface area (Å²) in [6.45, 7) is 11.3. The Morgan fingerprint density at radius 1 is 1.00 bits per heavy atom. The van der Waals surface area contributed by atoms with Crippen molar-refractivity contribution in [3.63, 3.8) is 0 Å². The van der Waals surface area contributed by atoms with Gasteiger partial charge < -0.3 is 5.32 Å². The number of aryl methyl sites for hydroxylation is 1. The molecule has 1 heterocycles. The zero-order valence-corrected chi connectivity index (χ0v) is 14.8. The molecule has 0 fully saturated rings. The molecule has 0 atom stereocenters. The van der Waals surface area contributed by atoms with E-state index in [1.54, 1.807) is 0 Å². The Hall–Kier alpha value is -0.903. The molecule has 0 bridgehead atoms. The van der Waals surface area contributed by atoms with Crippen LogP contribution in [0.15, 0.2) is 35.7 Å². The zero-order chi connectivity index (χ0) is 14.6. The maximum Gasteiger partial charge on any atom is 0.0775 e. The molecule has 1 aromatic heterocycles. The first-order chi connectivity index (χ1) is 9.50. The molecule has 20 heavy (non-hydrogen) atoms. The molecule has 0 saturated heterocycles. The van der Waals surface area contributed by atoms with Gasteiger partial charge in [0.05, 0.1) is 8.07 Å². The Morgan fingerprint density at radius 2 is 1.70 bits per heavy atom. The molecule has 1 aromatic carbocycles. The van der Waals surface area contributed by atoms with E-state index in [4.69, 9.17) is 0 Å². The topological polar surface area (TPSA) is 12.0 Å². The van der Waals surface area contributed by atoms with E-state index in [0.29, 0.717) is 0 Å². The summed E-state index contributed by atoms with van der Waals surface area (Å²) < 4.78 is 0. The lowest BCUT2D eigenvalue weighted by Crippen LogP contribution is -2.37. The predicted molar refractivity (Wildman–Crippen MR) is 93.7 cm³/mol. The van der Waals surface area contributed by atoms with Crippen molar-refractivity contribution in [3.8, 4) is 0 Å². The second kappa shape index (κ2) is 6.70. The second-order valence-corrected chi connectivity index (χ2v) is 12.4. The third-order valence-electron chi connectivity index (χ3n) is 3.65. The average Bonchev–Trinajstić information content (AvgIpc) is 2.86. The normalized spacial score (nSPS) is 11.8. The van der Waals surface area contributed by atoms with Crippen LogP contribution in [0.1, 0.15) is 22.9 Å². The van der Waals surface area contributed by atoms with Crippen molar-refractivity contribution in [2.45, 2.75) is 46.1 Å². The number of hydrogen-bond donors (Lipinski definition) is 1. The summed E-state index contributed by atoms with van der Waals surface area (Å²) in [6.07, 6.45) is 1.13. The molecule has 0 amide bonds. The molecule has 3 heteroatoms. The lowest BCUT2D eigenvalue weighted by Gasteiger charge is -2.16. The van der Waals surface area contributed by atoms with E-state index in [9.17, 15) is 0 Å². The van der Waals surface area contributed by atoms with Gasteiger partial charge in [0.25, 0.3) is 0 Å². The first-order valence-electron chi connectivity index (χ1n) is 7.36. The van der Waals surface area contributed by atoms with Crippen molar-refractivity contribution in [1.82, 2.24) is 5.32 Å². The molecule has 1 N–H and O–H groups in total. The highest BCUT2D eigenvalue weighted by molar-refractivity contribution is 7.10. The van der Waals surface area contributed by atoms with Gasteiger partial charge in [-0.15, -0.1) is 11.3 Å². The Labute approximate surface area is 128 Å². The Kier molecular flexibility index (Phi) is 5.19. The highest BCUT2D eigenvalue weighted by Crippen LogP contribution is 2.17. The highest BCUT2D eigenvalue weighted by atomic mass is 32.1. The lowest BCUT2D eigenvalue weighted by atomic mass is 10.2. The number of benzene rings is 1. The lowest BCUT2D eigenvalue weighted by molar-refractivity contribution is 0.697. The molecule has 1 nitrogen and oxygen atoms in total. The van der Waals surface area contributed by atoms with E-state index >= 15 is 0 Å². The minimum absolute atomic E-state index is 0.951. The molecular formula is C17H25NSSi. The maximum atomic E-state index is 3.56. The van der Waals surface area contributed by atoms with Gasteiger partial charge in [0.1, 0.15) is 0 Å². The van der Waals surface area contributed by atoms with Crippen molar-refractivity contribution in [2.75, 3.05) is 0 Å². The quantitative estimate of drug-likeness (QED) is 0.791. The van der Waals surface area contributed by atoms with E-state index in [-0.39, 0.29) is 0 Å². The smallest absolute Gasteiger partial charge is 0.0775 e. The summed E-state index contributed by atoms with van der Waals surface area (Å²) >= 11 is 1.86. The van der Waals surface area contributed by atoms with Gasteiger partial charge >= 0.3 is 0 Å².